The molecule has 0 unspecified atom stereocenters. The van der Waals surface area contributed by atoms with E-state index in [0.717, 1.165) is 42.1 Å². The molecule has 0 bridgehead atoms. The molecule has 0 radical (unpaired) electrons. The second-order valence-corrected chi connectivity index (χ2v) is 7.42. The minimum Gasteiger partial charge on any atom is -0.322 e. The predicted molar refractivity (Wildman–Crippen MR) is 122 cm³/mol. The summed E-state index contributed by atoms with van der Waals surface area (Å²) in [5.41, 5.74) is 5.70. The van der Waals surface area contributed by atoms with E-state index < -0.39 is 0 Å². The number of hydrogen-bond donors (Lipinski definition) is 0. The van der Waals surface area contributed by atoms with Gasteiger partial charge >= 0.3 is 0 Å². The van der Waals surface area contributed by atoms with Gasteiger partial charge in [0.1, 0.15) is 5.82 Å². The third-order valence-electron chi connectivity index (χ3n) is 5.16. The van der Waals surface area contributed by atoms with Gasteiger partial charge in [0.15, 0.2) is 0 Å². The van der Waals surface area contributed by atoms with E-state index in [1.54, 1.807) is 0 Å². The number of hydrogen-bond acceptors (Lipinski definition) is 3. The molecule has 0 saturated heterocycles. The van der Waals surface area contributed by atoms with Crippen LogP contribution in [0.5, 0.6) is 0 Å². The second-order valence-electron chi connectivity index (χ2n) is 7.42. The van der Waals surface area contributed by atoms with E-state index >= 15 is 0 Å². The zero-order chi connectivity index (χ0) is 20.8. The van der Waals surface area contributed by atoms with Crippen molar-refractivity contribution in [2.45, 2.75) is 19.6 Å². The summed E-state index contributed by atoms with van der Waals surface area (Å²) in [6, 6.07) is 29.1. The first-order valence-electron chi connectivity index (χ1n) is 10.1. The van der Waals surface area contributed by atoms with Gasteiger partial charge in [-0.3, -0.25) is 4.90 Å². The van der Waals surface area contributed by atoms with Crippen LogP contribution in [0, 0.1) is 11.3 Å². The first kappa shape index (κ1) is 19.6. The number of nitriles is 1. The lowest BCUT2D eigenvalue weighted by Gasteiger charge is -2.19. The van der Waals surface area contributed by atoms with Gasteiger partial charge in [0.25, 0.3) is 0 Å². The van der Waals surface area contributed by atoms with Crippen LogP contribution in [0.15, 0.2) is 84.9 Å². The third-order valence-corrected chi connectivity index (χ3v) is 5.16. The molecule has 0 amide bonds. The van der Waals surface area contributed by atoms with Gasteiger partial charge in [-0.05, 0) is 41.9 Å². The van der Waals surface area contributed by atoms with Crippen LogP contribution < -0.4 is 0 Å². The average Bonchev–Trinajstić information content (AvgIpc) is 3.10. The van der Waals surface area contributed by atoms with Crippen molar-refractivity contribution in [3.63, 3.8) is 0 Å². The van der Waals surface area contributed by atoms with Gasteiger partial charge < -0.3 is 4.57 Å². The molecule has 148 valence electrons. The SMILES string of the molecule is CN(Cc1ccccc1/C=C\C#N)Cc1nc2ccccc2n1Cc1ccccc1. The molecular formula is C26H24N4. The quantitative estimate of drug-likeness (QED) is 0.403. The van der Waals surface area contributed by atoms with Crippen molar-refractivity contribution >= 4 is 17.1 Å². The number of para-hydroxylation sites is 2. The molecule has 0 saturated carbocycles. The fraction of sp³-hybridized carbons (Fsp3) is 0.154. The van der Waals surface area contributed by atoms with Gasteiger partial charge in [-0.25, -0.2) is 4.98 Å². The van der Waals surface area contributed by atoms with Crippen molar-refractivity contribution in [2.75, 3.05) is 7.05 Å². The lowest BCUT2D eigenvalue weighted by Crippen LogP contribution is -2.21. The molecule has 0 aliphatic carbocycles. The Kier molecular flexibility index (Phi) is 6.03. The van der Waals surface area contributed by atoms with Crippen LogP contribution in [0.1, 0.15) is 22.5 Å². The molecule has 3 aromatic carbocycles. The normalized spacial score (nSPS) is 11.4. The molecule has 1 heterocycles. The molecule has 0 fully saturated rings. The Morgan fingerprint density at radius 2 is 1.67 bits per heavy atom. The smallest absolute Gasteiger partial charge is 0.124 e. The maximum atomic E-state index is 8.86. The highest BCUT2D eigenvalue weighted by atomic mass is 15.2. The standard InChI is InChI=1S/C26H24N4/c1-29(19-23-13-6-5-12-22(23)14-9-17-27)20-26-28-24-15-7-8-16-25(24)30(26)18-21-10-3-2-4-11-21/h2-16H,18-20H2,1H3/b14-9-. The fourth-order valence-electron chi connectivity index (χ4n) is 3.74. The molecule has 0 N–H and O–H groups in total. The van der Waals surface area contributed by atoms with Crippen LogP contribution in [-0.2, 0) is 19.6 Å². The van der Waals surface area contributed by atoms with Gasteiger partial charge in [0.05, 0.1) is 23.6 Å². The van der Waals surface area contributed by atoms with Crippen LogP contribution >= 0.6 is 0 Å². The van der Waals surface area contributed by atoms with E-state index in [0.29, 0.717) is 0 Å². The lowest BCUT2D eigenvalue weighted by atomic mass is 10.1. The Bertz CT molecular complexity index is 1200. The summed E-state index contributed by atoms with van der Waals surface area (Å²) in [6.07, 6.45) is 3.39. The summed E-state index contributed by atoms with van der Waals surface area (Å²) >= 11 is 0. The maximum Gasteiger partial charge on any atom is 0.124 e. The van der Waals surface area contributed by atoms with Gasteiger partial charge in [0.2, 0.25) is 0 Å². The second kappa shape index (κ2) is 9.21. The Labute approximate surface area is 177 Å². The molecule has 0 aliphatic rings. The molecule has 0 aliphatic heterocycles. The first-order valence-corrected chi connectivity index (χ1v) is 10.1. The van der Waals surface area contributed by atoms with Crippen molar-refractivity contribution in [2.24, 2.45) is 0 Å². The fourth-order valence-corrected chi connectivity index (χ4v) is 3.74. The molecule has 4 rings (SSSR count). The third kappa shape index (κ3) is 4.48. The van der Waals surface area contributed by atoms with E-state index in [1.807, 2.05) is 36.4 Å². The van der Waals surface area contributed by atoms with E-state index in [4.69, 9.17) is 10.2 Å². The largest absolute Gasteiger partial charge is 0.322 e. The summed E-state index contributed by atoms with van der Waals surface area (Å²) in [5.74, 6) is 1.05. The number of fused-ring (bicyclic) bond motifs is 1. The highest BCUT2D eigenvalue weighted by Gasteiger charge is 2.13. The van der Waals surface area contributed by atoms with Gasteiger partial charge in [-0.1, -0.05) is 66.7 Å². The summed E-state index contributed by atoms with van der Waals surface area (Å²) < 4.78 is 2.31. The zero-order valence-corrected chi connectivity index (χ0v) is 17.1. The molecule has 1 aromatic heterocycles. The van der Waals surface area contributed by atoms with Crippen molar-refractivity contribution < 1.29 is 0 Å². The minimum absolute atomic E-state index is 0.734. The molecule has 4 nitrogen and oxygen atoms in total. The molecular weight excluding hydrogens is 368 g/mol. The summed E-state index contributed by atoms with van der Waals surface area (Å²) in [4.78, 5) is 7.19. The van der Waals surface area contributed by atoms with E-state index in [1.165, 1.54) is 17.2 Å². The monoisotopic (exact) mass is 392 g/mol. The molecule has 4 heteroatoms. The van der Waals surface area contributed by atoms with E-state index in [-0.39, 0.29) is 0 Å². The van der Waals surface area contributed by atoms with Crippen LogP contribution in [0.4, 0.5) is 0 Å². The molecule has 0 spiro atoms. The van der Waals surface area contributed by atoms with Crippen molar-refractivity contribution in [3.8, 4) is 6.07 Å². The van der Waals surface area contributed by atoms with Crippen LogP contribution in [0.3, 0.4) is 0 Å². The number of benzene rings is 3. The Morgan fingerprint density at radius 3 is 2.50 bits per heavy atom. The van der Waals surface area contributed by atoms with Crippen LogP contribution in [0.25, 0.3) is 17.1 Å². The topological polar surface area (TPSA) is 44.9 Å². The van der Waals surface area contributed by atoms with E-state index in [9.17, 15) is 0 Å². The Balaban J connectivity index is 1.60. The first-order chi connectivity index (χ1) is 14.7. The van der Waals surface area contributed by atoms with Crippen LogP contribution in [0.2, 0.25) is 0 Å². The number of imidazole rings is 1. The van der Waals surface area contributed by atoms with Crippen molar-refractivity contribution in [1.82, 2.24) is 14.5 Å². The van der Waals surface area contributed by atoms with E-state index in [2.05, 4.69) is 71.1 Å². The van der Waals surface area contributed by atoms with Gasteiger partial charge in [0, 0.05) is 19.2 Å². The summed E-state index contributed by atoms with van der Waals surface area (Å²) in [5, 5.41) is 8.86. The predicted octanol–water partition coefficient (Wildman–Crippen LogP) is 5.25. The average molecular weight is 393 g/mol. The molecule has 0 atom stereocenters. The Hall–Kier alpha value is -3.68. The molecule has 4 aromatic rings. The Morgan fingerprint density at radius 1 is 0.933 bits per heavy atom. The molecule has 30 heavy (non-hydrogen) atoms. The highest BCUT2D eigenvalue weighted by molar-refractivity contribution is 5.76. The van der Waals surface area contributed by atoms with Crippen LogP contribution in [-0.4, -0.2) is 21.5 Å². The van der Waals surface area contributed by atoms with Gasteiger partial charge in [-0.2, -0.15) is 5.26 Å². The van der Waals surface area contributed by atoms with Gasteiger partial charge in [-0.15, -0.1) is 0 Å². The summed E-state index contributed by atoms with van der Waals surface area (Å²) in [6.45, 7) is 2.31. The lowest BCUT2D eigenvalue weighted by molar-refractivity contribution is 0.306. The van der Waals surface area contributed by atoms with Crippen molar-refractivity contribution in [1.29, 1.82) is 5.26 Å². The maximum absolute atomic E-state index is 8.86. The number of rotatable bonds is 7. The zero-order valence-electron chi connectivity index (χ0n) is 17.1. The summed E-state index contributed by atoms with van der Waals surface area (Å²) in [7, 11) is 2.11. The minimum atomic E-state index is 0.734. The highest BCUT2D eigenvalue weighted by Crippen LogP contribution is 2.20. The number of nitrogens with zero attached hydrogens (tertiary/aromatic N) is 4. The number of aromatic nitrogens is 2. The number of allylic oxidation sites excluding steroid dienone is 1. The van der Waals surface area contributed by atoms with Crippen molar-refractivity contribution in [3.05, 3.63) is 107 Å².